The number of carbonyl (C=O) groups is 1. The van der Waals surface area contributed by atoms with Crippen molar-refractivity contribution in [3.63, 3.8) is 0 Å². The van der Waals surface area contributed by atoms with Crippen molar-refractivity contribution in [2.45, 2.75) is 6.54 Å². The van der Waals surface area contributed by atoms with Crippen molar-refractivity contribution in [3.8, 4) is 22.3 Å². The summed E-state index contributed by atoms with van der Waals surface area (Å²) in [7, 11) is 0. The third-order valence-electron chi connectivity index (χ3n) is 6.23. The van der Waals surface area contributed by atoms with Crippen molar-refractivity contribution >= 4 is 17.5 Å². The fourth-order valence-corrected chi connectivity index (χ4v) is 4.27. The molecule has 2 aliphatic heterocycles. The average Bonchev–Trinajstić information content (AvgIpc) is 3.11. The largest absolute Gasteiger partial charge is 0.399 e. The van der Waals surface area contributed by atoms with Crippen LogP contribution in [0.3, 0.4) is 0 Å². The van der Waals surface area contributed by atoms with Gasteiger partial charge in [0, 0.05) is 60.7 Å². The summed E-state index contributed by atoms with van der Waals surface area (Å²) in [6.07, 6.45) is 1.68. The zero-order valence-electron chi connectivity index (χ0n) is 18.2. The molecule has 0 unspecified atom stereocenters. The minimum absolute atomic E-state index is 0.0869. The van der Waals surface area contributed by atoms with Gasteiger partial charge in [0.15, 0.2) is 0 Å². The lowest BCUT2D eigenvalue weighted by molar-refractivity contribution is -0.0403. The van der Waals surface area contributed by atoms with Crippen LogP contribution in [0, 0.1) is 11.7 Å². The van der Waals surface area contributed by atoms with Crippen LogP contribution in [-0.2, 0) is 11.3 Å². The van der Waals surface area contributed by atoms with Crippen molar-refractivity contribution in [1.82, 2.24) is 14.8 Å². The minimum Gasteiger partial charge on any atom is -0.399 e. The van der Waals surface area contributed by atoms with Gasteiger partial charge in [-0.2, -0.15) is 0 Å². The van der Waals surface area contributed by atoms with E-state index in [9.17, 15) is 9.18 Å². The molecular formula is C25H26FN5O2. The third kappa shape index (κ3) is 4.34. The van der Waals surface area contributed by atoms with E-state index in [1.807, 2.05) is 40.1 Å². The molecule has 2 aliphatic rings. The zero-order chi connectivity index (χ0) is 22.9. The Balaban J connectivity index is 1.30. The molecule has 2 fully saturated rings. The van der Waals surface area contributed by atoms with E-state index < -0.39 is 5.82 Å². The molecule has 0 saturated carbocycles. The van der Waals surface area contributed by atoms with Crippen LogP contribution < -0.4 is 11.5 Å². The molecule has 2 aromatic carbocycles. The molecular weight excluding hydrogens is 421 g/mol. The first-order valence-corrected chi connectivity index (χ1v) is 11.0. The van der Waals surface area contributed by atoms with Crippen LogP contribution in [0.5, 0.6) is 0 Å². The normalized spacial score (nSPS) is 16.3. The van der Waals surface area contributed by atoms with E-state index in [1.54, 1.807) is 18.3 Å². The quantitative estimate of drug-likeness (QED) is 0.563. The summed E-state index contributed by atoms with van der Waals surface area (Å²) in [4.78, 5) is 20.7. The Kier molecular flexibility index (Phi) is 5.60. The summed E-state index contributed by atoms with van der Waals surface area (Å²) < 4.78 is 19.7. The van der Waals surface area contributed by atoms with E-state index >= 15 is 0 Å². The summed E-state index contributed by atoms with van der Waals surface area (Å²) >= 11 is 0. The Morgan fingerprint density at radius 2 is 1.73 bits per heavy atom. The molecule has 5 rings (SSSR count). The molecule has 0 spiro atoms. The number of nitrogen functional groups attached to an aromatic ring is 2. The molecule has 1 aromatic heterocycles. The summed E-state index contributed by atoms with van der Waals surface area (Å²) in [6.45, 7) is 4.32. The number of nitrogens with two attached hydrogens (primary N) is 2. The van der Waals surface area contributed by atoms with Crippen LogP contribution in [0.15, 0.2) is 54.7 Å². The molecule has 0 atom stereocenters. The van der Waals surface area contributed by atoms with Gasteiger partial charge in [0.2, 0.25) is 0 Å². The van der Waals surface area contributed by atoms with Crippen LogP contribution in [0.4, 0.5) is 20.7 Å². The highest BCUT2D eigenvalue weighted by molar-refractivity contribution is 5.80. The van der Waals surface area contributed by atoms with Gasteiger partial charge in [-0.15, -0.1) is 0 Å². The highest BCUT2D eigenvalue weighted by Crippen LogP contribution is 2.32. The van der Waals surface area contributed by atoms with Gasteiger partial charge in [-0.25, -0.2) is 14.2 Å². The molecule has 3 heterocycles. The van der Waals surface area contributed by atoms with Gasteiger partial charge in [-0.3, -0.25) is 0 Å². The molecule has 8 heteroatoms. The number of halogens is 1. The van der Waals surface area contributed by atoms with Crippen molar-refractivity contribution in [2.75, 3.05) is 44.3 Å². The van der Waals surface area contributed by atoms with Crippen LogP contribution in [-0.4, -0.2) is 53.7 Å². The number of nitrogens with zero attached hydrogens (tertiary/aromatic N) is 3. The van der Waals surface area contributed by atoms with Gasteiger partial charge < -0.3 is 26.0 Å². The highest BCUT2D eigenvalue weighted by Gasteiger charge is 2.32. The monoisotopic (exact) mass is 447 g/mol. The van der Waals surface area contributed by atoms with Crippen molar-refractivity contribution in [3.05, 3.63) is 66.1 Å². The van der Waals surface area contributed by atoms with Crippen LogP contribution in [0.2, 0.25) is 0 Å². The molecule has 7 nitrogen and oxygen atoms in total. The lowest BCUT2D eigenvalue weighted by Crippen LogP contribution is -2.41. The molecule has 33 heavy (non-hydrogen) atoms. The van der Waals surface area contributed by atoms with Crippen molar-refractivity contribution in [1.29, 1.82) is 0 Å². The number of hydrogen-bond donors (Lipinski definition) is 2. The van der Waals surface area contributed by atoms with Crippen molar-refractivity contribution in [2.24, 2.45) is 5.92 Å². The Labute approximate surface area is 191 Å². The van der Waals surface area contributed by atoms with Gasteiger partial charge in [-0.1, -0.05) is 24.3 Å². The predicted molar refractivity (Wildman–Crippen MR) is 126 cm³/mol. The zero-order valence-corrected chi connectivity index (χ0v) is 18.2. The number of benzene rings is 2. The maximum atomic E-state index is 14.4. The fraction of sp³-hybridized carbons (Fsp3) is 0.280. The number of aromatic nitrogens is 1. The SMILES string of the molecule is Nc1ccc(-c2cc(-c3ccc(CN4CCN(CC5COC5)C4=O)cc3)cnc2N)c(F)c1. The van der Waals surface area contributed by atoms with Gasteiger partial charge in [0.05, 0.1) is 13.2 Å². The first kappa shape index (κ1) is 21.2. The van der Waals surface area contributed by atoms with Crippen LogP contribution in [0.25, 0.3) is 22.3 Å². The lowest BCUT2D eigenvalue weighted by atomic mass is 9.99. The van der Waals surface area contributed by atoms with E-state index in [4.69, 9.17) is 16.2 Å². The summed E-state index contributed by atoms with van der Waals surface area (Å²) in [5.41, 5.74) is 15.7. The predicted octanol–water partition coefficient (Wildman–Crippen LogP) is 3.60. The average molecular weight is 448 g/mol. The first-order valence-electron chi connectivity index (χ1n) is 11.0. The molecule has 170 valence electrons. The smallest absolute Gasteiger partial charge is 0.320 e. The van der Waals surface area contributed by atoms with Gasteiger partial charge in [-0.05, 0) is 35.4 Å². The standard InChI is InChI=1S/C25H26FN5O2/c26-23-10-20(27)5-6-21(23)22-9-19(11-29-24(22)28)18-3-1-16(2-4-18)12-30-7-8-31(25(30)32)13-17-14-33-15-17/h1-6,9-11,17H,7-8,12-15,27H2,(H2,28,29). The number of pyridine rings is 1. The molecule has 2 amide bonds. The molecule has 0 radical (unpaired) electrons. The van der Waals surface area contributed by atoms with E-state index in [-0.39, 0.29) is 11.8 Å². The maximum absolute atomic E-state index is 14.4. The van der Waals surface area contributed by atoms with Gasteiger partial charge >= 0.3 is 6.03 Å². The highest BCUT2D eigenvalue weighted by atomic mass is 19.1. The van der Waals surface area contributed by atoms with E-state index in [0.29, 0.717) is 29.3 Å². The summed E-state index contributed by atoms with van der Waals surface area (Å²) in [6, 6.07) is 14.4. The first-order chi connectivity index (χ1) is 16.0. The third-order valence-corrected chi connectivity index (χ3v) is 6.23. The van der Waals surface area contributed by atoms with E-state index in [2.05, 4.69) is 4.98 Å². The number of carbonyl (C=O) groups excluding carboxylic acids is 1. The summed E-state index contributed by atoms with van der Waals surface area (Å²) in [5, 5.41) is 0. The second-order valence-electron chi connectivity index (χ2n) is 8.65. The van der Waals surface area contributed by atoms with Gasteiger partial charge in [0.25, 0.3) is 0 Å². The van der Waals surface area contributed by atoms with Crippen LogP contribution in [0.1, 0.15) is 5.56 Å². The number of amides is 2. The Bertz CT molecular complexity index is 1180. The maximum Gasteiger partial charge on any atom is 0.320 e. The van der Waals surface area contributed by atoms with E-state index in [0.717, 1.165) is 49.5 Å². The summed E-state index contributed by atoms with van der Waals surface area (Å²) in [5.74, 6) is 0.281. The van der Waals surface area contributed by atoms with E-state index in [1.165, 1.54) is 6.07 Å². The number of urea groups is 1. The Morgan fingerprint density at radius 3 is 2.42 bits per heavy atom. The van der Waals surface area contributed by atoms with Gasteiger partial charge in [0.1, 0.15) is 11.6 Å². The Morgan fingerprint density at radius 1 is 0.970 bits per heavy atom. The number of rotatable bonds is 6. The van der Waals surface area contributed by atoms with Crippen molar-refractivity contribution < 1.29 is 13.9 Å². The molecule has 4 N–H and O–H groups in total. The Hall–Kier alpha value is -3.65. The second-order valence-corrected chi connectivity index (χ2v) is 8.65. The fourth-order valence-electron chi connectivity index (χ4n) is 4.27. The lowest BCUT2D eigenvalue weighted by Gasteiger charge is -2.30. The molecule has 0 bridgehead atoms. The molecule has 3 aromatic rings. The molecule has 0 aliphatic carbocycles. The number of ether oxygens (including phenoxy) is 1. The van der Waals surface area contributed by atoms with Crippen LogP contribution >= 0.6 is 0 Å². The second kappa shape index (κ2) is 8.71. The molecule has 2 saturated heterocycles. The number of hydrogen-bond acceptors (Lipinski definition) is 5. The minimum atomic E-state index is -0.440. The number of anilines is 2. The topological polar surface area (TPSA) is 97.7 Å².